The average Bonchev–Trinajstić information content (AvgIpc) is 3.42. The van der Waals surface area contributed by atoms with E-state index >= 15 is 0 Å². The van der Waals surface area contributed by atoms with E-state index in [1.807, 2.05) is 37.3 Å². The smallest absolute Gasteiger partial charge is 0.244 e. The van der Waals surface area contributed by atoms with Crippen LogP contribution in [-0.2, 0) is 32.6 Å². The molecule has 0 spiro atoms. The summed E-state index contributed by atoms with van der Waals surface area (Å²) < 4.78 is 37.7. The Bertz CT molecular complexity index is 1470. The molecule has 0 aliphatic carbocycles. The summed E-state index contributed by atoms with van der Waals surface area (Å²) in [7, 11) is -3.90. The SMILES string of the molecule is CCCCNC(=O)[C@@H](Cc1ccccc1)N(Cc1ccccc1Cl)C(=O)CN(c1ccc2c(c1)OCO2)S(C)(=O)=O. The Morgan fingerprint density at radius 3 is 2.41 bits per heavy atom. The van der Waals surface area contributed by atoms with Crippen molar-refractivity contribution in [2.24, 2.45) is 0 Å². The molecule has 0 bridgehead atoms. The van der Waals surface area contributed by atoms with Gasteiger partial charge in [-0.3, -0.25) is 13.9 Å². The number of unbranched alkanes of at least 4 members (excludes halogenated alkanes) is 1. The van der Waals surface area contributed by atoms with Crippen molar-refractivity contribution in [3.63, 3.8) is 0 Å². The number of sulfonamides is 1. The number of anilines is 1. The maximum atomic E-state index is 14.1. The highest BCUT2D eigenvalue weighted by Gasteiger charge is 2.33. The second-order valence-electron chi connectivity index (χ2n) is 9.77. The van der Waals surface area contributed by atoms with Gasteiger partial charge >= 0.3 is 0 Å². The maximum absolute atomic E-state index is 14.1. The van der Waals surface area contributed by atoms with Gasteiger partial charge < -0.3 is 19.7 Å². The number of halogens is 1. The van der Waals surface area contributed by atoms with Crippen molar-refractivity contribution in [1.29, 1.82) is 0 Å². The highest BCUT2D eigenvalue weighted by Crippen LogP contribution is 2.36. The van der Waals surface area contributed by atoms with E-state index in [2.05, 4.69) is 5.32 Å². The van der Waals surface area contributed by atoms with Crippen molar-refractivity contribution < 1.29 is 27.5 Å². The number of benzene rings is 3. The number of nitrogens with zero attached hydrogens (tertiary/aromatic N) is 2. The molecule has 41 heavy (non-hydrogen) atoms. The fourth-order valence-electron chi connectivity index (χ4n) is 4.52. The van der Waals surface area contributed by atoms with Gasteiger partial charge in [-0.1, -0.05) is 73.5 Å². The van der Waals surface area contributed by atoms with Gasteiger partial charge in [0, 0.05) is 30.6 Å². The summed E-state index contributed by atoms with van der Waals surface area (Å²) in [6, 6.07) is 20.2. The molecule has 1 heterocycles. The van der Waals surface area contributed by atoms with E-state index in [4.69, 9.17) is 21.1 Å². The van der Waals surface area contributed by atoms with Gasteiger partial charge in [-0.05, 0) is 35.7 Å². The van der Waals surface area contributed by atoms with E-state index < -0.39 is 28.5 Å². The number of hydrogen-bond acceptors (Lipinski definition) is 6. The summed E-state index contributed by atoms with van der Waals surface area (Å²) in [5.41, 5.74) is 1.74. The normalized spacial score (nSPS) is 13.0. The molecule has 1 aliphatic rings. The van der Waals surface area contributed by atoms with E-state index in [9.17, 15) is 18.0 Å². The zero-order valence-corrected chi connectivity index (χ0v) is 24.7. The molecule has 3 aromatic carbocycles. The van der Waals surface area contributed by atoms with E-state index in [0.717, 1.165) is 29.0 Å². The zero-order valence-electron chi connectivity index (χ0n) is 23.1. The number of rotatable bonds is 13. The van der Waals surface area contributed by atoms with E-state index in [0.29, 0.717) is 28.6 Å². The number of carbonyl (C=O) groups excluding carboxylic acids is 2. The Balaban J connectivity index is 1.72. The summed E-state index contributed by atoms with van der Waals surface area (Å²) in [5, 5.41) is 3.39. The summed E-state index contributed by atoms with van der Waals surface area (Å²) in [4.78, 5) is 29.2. The average molecular weight is 600 g/mol. The lowest BCUT2D eigenvalue weighted by molar-refractivity contribution is -0.140. The Morgan fingerprint density at radius 1 is 1.00 bits per heavy atom. The van der Waals surface area contributed by atoms with Gasteiger partial charge in [0.2, 0.25) is 28.6 Å². The van der Waals surface area contributed by atoms with E-state index in [1.54, 1.807) is 36.4 Å². The Morgan fingerprint density at radius 2 is 1.71 bits per heavy atom. The summed E-state index contributed by atoms with van der Waals surface area (Å²) in [6.07, 6.45) is 2.94. The third-order valence-electron chi connectivity index (χ3n) is 6.72. The van der Waals surface area contributed by atoms with Gasteiger partial charge in [-0.15, -0.1) is 0 Å². The second kappa shape index (κ2) is 13.7. The molecule has 3 aromatic rings. The van der Waals surface area contributed by atoms with Crippen molar-refractivity contribution in [3.8, 4) is 11.5 Å². The first-order valence-electron chi connectivity index (χ1n) is 13.4. The zero-order chi connectivity index (χ0) is 29.4. The lowest BCUT2D eigenvalue weighted by atomic mass is 10.0. The molecule has 11 heteroatoms. The lowest BCUT2D eigenvalue weighted by Gasteiger charge is -2.33. The maximum Gasteiger partial charge on any atom is 0.244 e. The summed E-state index contributed by atoms with van der Waals surface area (Å²) in [6.45, 7) is 1.99. The van der Waals surface area contributed by atoms with Crippen LogP contribution in [0.5, 0.6) is 11.5 Å². The molecule has 4 rings (SSSR count). The quantitative estimate of drug-likeness (QED) is 0.292. The van der Waals surface area contributed by atoms with Crippen LogP contribution >= 0.6 is 11.6 Å². The van der Waals surface area contributed by atoms with Crippen molar-refractivity contribution >= 4 is 39.1 Å². The molecular formula is C30H34ClN3O6S. The first-order valence-corrected chi connectivity index (χ1v) is 15.6. The minimum atomic E-state index is -3.90. The van der Waals surface area contributed by atoms with Crippen LogP contribution in [0, 0.1) is 0 Å². The molecule has 9 nitrogen and oxygen atoms in total. The first-order chi connectivity index (χ1) is 19.7. The molecular weight excluding hydrogens is 566 g/mol. The van der Waals surface area contributed by atoms with Crippen molar-refractivity contribution in [2.75, 3.05) is 30.4 Å². The van der Waals surface area contributed by atoms with Gasteiger partial charge in [0.1, 0.15) is 12.6 Å². The molecule has 0 aromatic heterocycles. The van der Waals surface area contributed by atoms with Gasteiger partial charge in [-0.25, -0.2) is 8.42 Å². The summed E-state index contributed by atoms with van der Waals surface area (Å²) >= 11 is 6.48. The minimum absolute atomic E-state index is 0.00987. The molecule has 2 amide bonds. The van der Waals surface area contributed by atoms with Gasteiger partial charge in [0.25, 0.3) is 0 Å². The van der Waals surface area contributed by atoms with E-state index in [-0.39, 0.29) is 31.4 Å². The largest absolute Gasteiger partial charge is 0.454 e. The van der Waals surface area contributed by atoms with Crippen molar-refractivity contribution in [3.05, 3.63) is 88.9 Å². The number of fused-ring (bicyclic) bond motifs is 1. The molecule has 0 saturated carbocycles. The highest BCUT2D eigenvalue weighted by atomic mass is 35.5. The molecule has 1 atom stereocenters. The van der Waals surface area contributed by atoms with Gasteiger partial charge in [0.15, 0.2) is 11.5 Å². The Labute approximate surface area is 246 Å². The van der Waals surface area contributed by atoms with Crippen LogP contribution in [-0.4, -0.2) is 57.3 Å². The number of ether oxygens (including phenoxy) is 2. The fourth-order valence-corrected chi connectivity index (χ4v) is 5.56. The Kier molecular flexibility index (Phi) is 10.1. The number of hydrogen-bond donors (Lipinski definition) is 1. The molecule has 1 N–H and O–H groups in total. The summed E-state index contributed by atoms with van der Waals surface area (Å²) in [5.74, 6) is -0.00870. The standard InChI is InChI=1S/C30H34ClN3O6S/c1-3-4-16-32-30(36)26(17-22-10-6-5-7-11-22)33(19-23-12-8-9-13-25(23)31)29(35)20-34(41(2,37)38)24-14-15-27-28(18-24)40-21-39-27/h5-15,18,26H,3-4,16-17,19-21H2,1-2H3,(H,32,36)/t26-/m1/s1. The molecule has 218 valence electrons. The lowest BCUT2D eigenvalue weighted by Crippen LogP contribution is -2.53. The van der Waals surface area contributed by atoms with Crippen LogP contribution < -0.4 is 19.1 Å². The molecule has 0 fully saturated rings. The Hall–Kier alpha value is -3.76. The molecule has 1 aliphatic heterocycles. The molecule has 0 unspecified atom stereocenters. The minimum Gasteiger partial charge on any atom is -0.454 e. The third-order valence-corrected chi connectivity index (χ3v) is 8.23. The van der Waals surface area contributed by atoms with Crippen molar-refractivity contribution in [2.45, 2.75) is 38.8 Å². The number of nitrogens with one attached hydrogen (secondary N) is 1. The second-order valence-corrected chi connectivity index (χ2v) is 12.1. The monoisotopic (exact) mass is 599 g/mol. The predicted octanol–water partition coefficient (Wildman–Crippen LogP) is 4.39. The van der Waals surface area contributed by atoms with Crippen LogP contribution in [0.2, 0.25) is 5.02 Å². The van der Waals surface area contributed by atoms with Crippen LogP contribution in [0.3, 0.4) is 0 Å². The predicted molar refractivity (Wildman–Crippen MR) is 159 cm³/mol. The van der Waals surface area contributed by atoms with Crippen LogP contribution in [0.25, 0.3) is 0 Å². The van der Waals surface area contributed by atoms with Gasteiger partial charge in [-0.2, -0.15) is 0 Å². The van der Waals surface area contributed by atoms with Crippen molar-refractivity contribution in [1.82, 2.24) is 10.2 Å². The van der Waals surface area contributed by atoms with E-state index in [1.165, 1.54) is 11.0 Å². The van der Waals surface area contributed by atoms with Crippen LogP contribution in [0.4, 0.5) is 5.69 Å². The molecule has 0 radical (unpaired) electrons. The topological polar surface area (TPSA) is 105 Å². The number of amides is 2. The third kappa shape index (κ3) is 7.92. The highest BCUT2D eigenvalue weighted by molar-refractivity contribution is 7.92. The number of carbonyl (C=O) groups is 2. The first kappa shape index (κ1) is 30.2. The van der Waals surface area contributed by atoms with Crippen LogP contribution in [0.15, 0.2) is 72.8 Å². The van der Waals surface area contributed by atoms with Gasteiger partial charge in [0.05, 0.1) is 11.9 Å². The fraction of sp³-hybridized carbons (Fsp3) is 0.333. The van der Waals surface area contributed by atoms with Crippen LogP contribution in [0.1, 0.15) is 30.9 Å². The molecule has 0 saturated heterocycles.